The molecule has 94 valence electrons. The Balaban J connectivity index is 1.83. The van der Waals surface area contributed by atoms with Gasteiger partial charge in [0.2, 0.25) is 11.9 Å². The van der Waals surface area contributed by atoms with Crippen LogP contribution in [0.1, 0.15) is 41.7 Å². The molecule has 1 fully saturated rings. The number of rotatable bonds is 0. The van der Waals surface area contributed by atoms with Crippen LogP contribution in [0.25, 0.3) is 0 Å². The zero-order chi connectivity index (χ0) is 12.3. The number of aliphatic imine (C=N–C) groups is 1. The number of hydrogen-bond acceptors (Lipinski definition) is 4. The van der Waals surface area contributed by atoms with E-state index in [4.69, 9.17) is 0 Å². The second-order valence-electron chi connectivity index (χ2n) is 5.36. The maximum atomic E-state index is 11.4. The lowest BCUT2D eigenvalue weighted by atomic mass is 9.86. The van der Waals surface area contributed by atoms with E-state index in [9.17, 15) is 4.79 Å². The molecule has 1 aliphatic carbocycles. The van der Waals surface area contributed by atoms with Gasteiger partial charge >= 0.3 is 0 Å². The maximum absolute atomic E-state index is 11.4. The predicted octanol–water partition coefficient (Wildman–Crippen LogP) is 2.12. The molecule has 1 N–H and O–H groups in total. The Morgan fingerprint density at radius 3 is 3.22 bits per heavy atom. The monoisotopic (exact) mass is 261 g/mol. The summed E-state index contributed by atoms with van der Waals surface area (Å²) < 4.78 is 0. The molecule has 0 aromatic carbocycles. The summed E-state index contributed by atoms with van der Waals surface area (Å²) in [5.41, 5.74) is 2.91. The van der Waals surface area contributed by atoms with Crippen LogP contribution in [0.2, 0.25) is 0 Å². The summed E-state index contributed by atoms with van der Waals surface area (Å²) in [4.78, 5) is 19.6. The number of guanidine groups is 1. The second kappa shape index (κ2) is 3.57. The third kappa shape index (κ3) is 1.37. The lowest BCUT2D eigenvalue weighted by Crippen LogP contribution is -2.32. The molecule has 18 heavy (non-hydrogen) atoms. The van der Waals surface area contributed by atoms with Crippen molar-refractivity contribution in [3.8, 4) is 0 Å². The van der Waals surface area contributed by atoms with Gasteiger partial charge in [0.15, 0.2) is 0 Å². The minimum absolute atomic E-state index is 0.0609. The van der Waals surface area contributed by atoms with Crippen LogP contribution in [0.15, 0.2) is 4.99 Å². The molecule has 1 aromatic rings. The van der Waals surface area contributed by atoms with Gasteiger partial charge in [-0.1, -0.05) is 6.92 Å². The van der Waals surface area contributed by atoms with Crippen molar-refractivity contribution in [1.82, 2.24) is 10.2 Å². The van der Waals surface area contributed by atoms with E-state index in [0.717, 1.165) is 17.5 Å². The van der Waals surface area contributed by atoms with Crippen molar-refractivity contribution in [3.63, 3.8) is 0 Å². The summed E-state index contributed by atoms with van der Waals surface area (Å²) >= 11 is 1.83. The van der Waals surface area contributed by atoms with Crippen molar-refractivity contribution >= 4 is 28.2 Å². The van der Waals surface area contributed by atoms with Crippen LogP contribution in [0.5, 0.6) is 0 Å². The highest BCUT2D eigenvalue weighted by Gasteiger charge is 2.34. The van der Waals surface area contributed by atoms with Crippen molar-refractivity contribution < 1.29 is 4.79 Å². The molecule has 1 atom stereocenters. The number of thiophene rings is 1. The van der Waals surface area contributed by atoms with Gasteiger partial charge in [-0.05, 0) is 30.7 Å². The van der Waals surface area contributed by atoms with Crippen LogP contribution in [0.3, 0.4) is 0 Å². The van der Waals surface area contributed by atoms with Gasteiger partial charge in [-0.2, -0.15) is 0 Å². The molecular formula is C13H15N3OS. The summed E-state index contributed by atoms with van der Waals surface area (Å²) in [6.07, 6.45) is 3.78. The molecule has 1 unspecified atom stereocenters. The number of carbonyl (C=O) groups is 1. The molecule has 1 amide bonds. The van der Waals surface area contributed by atoms with E-state index in [1.54, 1.807) is 0 Å². The molecule has 1 aromatic heterocycles. The average molecular weight is 261 g/mol. The molecule has 1 saturated heterocycles. The van der Waals surface area contributed by atoms with E-state index in [0.29, 0.717) is 12.5 Å². The van der Waals surface area contributed by atoms with E-state index in [1.165, 1.54) is 35.3 Å². The summed E-state index contributed by atoms with van der Waals surface area (Å²) in [7, 11) is 0. The molecule has 2 aliphatic heterocycles. The predicted molar refractivity (Wildman–Crippen MR) is 71.3 cm³/mol. The number of amides is 1. The molecule has 3 heterocycles. The third-order valence-electron chi connectivity index (χ3n) is 4.08. The van der Waals surface area contributed by atoms with Crippen molar-refractivity contribution in [2.24, 2.45) is 4.99 Å². The number of fused-ring (bicyclic) bond motifs is 4. The molecule has 4 rings (SSSR count). The van der Waals surface area contributed by atoms with E-state index in [1.807, 2.05) is 11.3 Å². The molecule has 0 radical (unpaired) electrons. The zero-order valence-electron chi connectivity index (χ0n) is 10.3. The highest BCUT2D eigenvalue weighted by Crippen LogP contribution is 2.46. The Hall–Kier alpha value is -1.36. The van der Waals surface area contributed by atoms with Crippen molar-refractivity contribution in [2.45, 2.75) is 38.6 Å². The molecule has 3 aliphatic rings. The van der Waals surface area contributed by atoms with Gasteiger partial charge in [0.25, 0.3) is 0 Å². The molecule has 0 spiro atoms. The Bertz CT molecular complexity index is 575. The minimum atomic E-state index is 0.0609. The number of hydrogen-bond donors (Lipinski definition) is 1. The molecular weight excluding hydrogens is 246 g/mol. The topological polar surface area (TPSA) is 44.7 Å². The van der Waals surface area contributed by atoms with Gasteiger partial charge in [-0.15, -0.1) is 11.3 Å². The normalized spacial score (nSPS) is 25.2. The molecule has 0 bridgehead atoms. The largest absolute Gasteiger partial charge is 0.329 e. The van der Waals surface area contributed by atoms with Gasteiger partial charge in [-0.25, -0.2) is 4.99 Å². The maximum Gasteiger partial charge on any atom is 0.246 e. The highest BCUT2D eigenvalue weighted by molar-refractivity contribution is 7.16. The first-order valence-electron chi connectivity index (χ1n) is 6.50. The lowest BCUT2D eigenvalue weighted by molar-refractivity contribution is -0.118. The van der Waals surface area contributed by atoms with Crippen LogP contribution < -0.4 is 5.32 Å². The van der Waals surface area contributed by atoms with Gasteiger partial charge in [0.05, 0.1) is 0 Å². The van der Waals surface area contributed by atoms with E-state index in [2.05, 4.69) is 22.1 Å². The number of carbonyl (C=O) groups excluding carboxylic acids is 1. The smallest absolute Gasteiger partial charge is 0.246 e. The summed E-state index contributed by atoms with van der Waals surface area (Å²) in [5, 5.41) is 3.96. The first-order chi connectivity index (χ1) is 8.72. The number of nitrogens with zero attached hydrogens (tertiary/aromatic N) is 2. The lowest BCUT2D eigenvalue weighted by Gasteiger charge is -2.25. The standard InChI is InChI=1S/C13H15N3OS/c1-7-3-2-4-9-11(7)8-5-16-6-10(17)14-13(16)15-12(8)18-9/h7H,2-6H2,1H3,(H,14,15,17). The van der Waals surface area contributed by atoms with Crippen LogP contribution in [-0.2, 0) is 17.8 Å². The third-order valence-corrected chi connectivity index (χ3v) is 5.28. The molecule has 4 nitrogen and oxygen atoms in total. The quantitative estimate of drug-likeness (QED) is 0.777. The summed E-state index contributed by atoms with van der Waals surface area (Å²) in [6, 6.07) is 0. The van der Waals surface area contributed by atoms with Crippen molar-refractivity contribution in [3.05, 3.63) is 16.0 Å². The van der Waals surface area contributed by atoms with Gasteiger partial charge in [-0.3, -0.25) is 10.1 Å². The summed E-state index contributed by atoms with van der Waals surface area (Å²) in [5.74, 6) is 1.46. The second-order valence-corrected chi connectivity index (χ2v) is 6.44. The Kier molecular flexibility index (Phi) is 2.09. The first kappa shape index (κ1) is 10.6. The molecule has 5 heteroatoms. The fourth-order valence-electron chi connectivity index (χ4n) is 3.24. The van der Waals surface area contributed by atoms with Crippen LogP contribution in [-0.4, -0.2) is 23.3 Å². The first-order valence-corrected chi connectivity index (χ1v) is 7.32. The van der Waals surface area contributed by atoms with Crippen molar-refractivity contribution in [1.29, 1.82) is 0 Å². The van der Waals surface area contributed by atoms with Crippen LogP contribution in [0, 0.1) is 0 Å². The van der Waals surface area contributed by atoms with Crippen molar-refractivity contribution in [2.75, 3.05) is 6.54 Å². The van der Waals surface area contributed by atoms with E-state index >= 15 is 0 Å². The van der Waals surface area contributed by atoms with Crippen LogP contribution >= 0.6 is 11.3 Å². The number of aryl methyl sites for hydroxylation is 1. The highest BCUT2D eigenvalue weighted by atomic mass is 32.1. The Morgan fingerprint density at radius 1 is 1.44 bits per heavy atom. The molecule has 0 saturated carbocycles. The van der Waals surface area contributed by atoms with E-state index < -0.39 is 0 Å². The van der Waals surface area contributed by atoms with Gasteiger partial charge in [0.1, 0.15) is 11.5 Å². The fraction of sp³-hybridized carbons (Fsp3) is 0.538. The fourth-order valence-corrected chi connectivity index (χ4v) is 4.58. The van der Waals surface area contributed by atoms with Gasteiger partial charge < -0.3 is 4.90 Å². The Labute approximate surface area is 110 Å². The summed E-state index contributed by atoms with van der Waals surface area (Å²) in [6.45, 7) is 3.62. The minimum Gasteiger partial charge on any atom is -0.329 e. The average Bonchev–Trinajstić information content (AvgIpc) is 2.84. The van der Waals surface area contributed by atoms with E-state index in [-0.39, 0.29) is 5.91 Å². The SMILES string of the molecule is CC1CCCc2sc3c(c21)CN1CC(=O)NC1=N3. The number of nitrogens with one attached hydrogen (secondary N) is 1. The van der Waals surface area contributed by atoms with Crippen LogP contribution in [0.4, 0.5) is 5.00 Å². The zero-order valence-corrected chi connectivity index (χ0v) is 11.1. The Morgan fingerprint density at radius 2 is 2.33 bits per heavy atom. The van der Waals surface area contributed by atoms with Gasteiger partial charge in [0, 0.05) is 17.0 Å².